The van der Waals surface area contributed by atoms with Crippen LogP contribution in [0.25, 0.3) is 10.4 Å². The number of hydrogen-bond donors (Lipinski definition) is 2. The summed E-state index contributed by atoms with van der Waals surface area (Å²) in [6.07, 6.45) is 0. The summed E-state index contributed by atoms with van der Waals surface area (Å²) in [5.74, 6) is 0. The largest absolute Gasteiger partial charge is 0.394 e. The van der Waals surface area contributed by atoms with E-state index < -0.39 is 10.4 Å². The maximum Gasteiger partial charge on any atom is 0.394 e. The van der Waals surface area contributed by atoms with E-state index in [4.69, 9.17) is 17.5 Å². The highest BCUT2D eigenvalue weighted by molar-refractivity contribution is 7.79. The van der Waals surface area contributed by atoms with Gasteiger partial charge in [0.15, 0.2) is 10.3 Å². The molecular weight excluding hydrogens is 268 g/mol. The Balaban J connectivity index is 0.000000221. The first-order valence-electron chi connectivity index (χ1n) is 4.09. The van der Waals surface area contributed by atoms with E-state index in [9.17, 15) is 0 Å². The topological polar surface area (TPSA) is 74.6 Å². The molecule has 0 saturated carbocycles. The molecule has 1 aromatic heterocycles. The first-order valence-corrected chi connectivity index (χ1v) is 7.70. The Labute approximate surface area is 101 Å². The summed E-state index contributed by atoms with van der Waals surface area (Å²) in [6.45, 7) is 0. The van der Waals surface area contributed by atoms with Crippen molar-refractivity contribution in [2.45, 2.75) is 0 Å². The molecule has 7 heteroatoms. The fourth-order valence-electron chi connectivity index (χ4n) is 0.944. The van der Waals surface area contributed by atoms with E-state index in [-0.39, 0.29) is 0 Å². The van der Waals surface area contributed by atoms with E-state index >= 15 is 0 Å². The minimum Gasteiger partial charge on any atom is -0.264 e. The van der Waals surface area contributed by atoms with Crippen LogP contribution in [0.1, 0.15) is 0 Å². The van der Waals surface area contributed by atoms with Gasteiger partial charge in [-0.3, -0.25) is 9.11 Å². The van der Waals surface area contributed by atoms with Crippen LogP contribution in [0.5, 0.6) is 0 Å². The van der Waals surface area contributed by atoms with Crippen LogP contribution in [0.3, 0.4) is 0 Å². The molecule has 0 aliphatic rings. The molecular formula is C9H9O4S3+. The molecule has 0 unspecified atom stereocenters. The molecule has 86 valence electrons. The van der Waals surface area contributed by atoms with Gasteiger partial charge in [-0.15, -0.1) is 0 Å². The lowest BCUT2D eigenvalue weighted by Gasteiger charge is -1.89. The molecule has 0 radical (unpaired) electrons. The van der Waals surface area contributed by atoms with E-state index in [2.05, 4.69) is 35.7 Å². The monoisotopic (exact) mass is 277 g/mol. The third-order valence-electron chi connectivity index (χ3n) is 1.47. The molecule has 0 fully saturated rings. The lowest BCUT2D eigenvalue weighted by Crippen LogP contribution is -1.89. The summed E-state index contributed by atoms with van der Waals surface area (Å²) in [5, 5.41) is 2.12. The van der Waals surface area contributed by atoms with E-state index in [0.29, 0.717) is 0 Å². The average molecular weight is 277 g/mol. The van der Waals surface area contributed by atoms with E-state index in [1.54, 1.807) is 10.3 Å². The maximum atomic E-state index is 8.74. The highest BCUT2D eigenvalue weighted by Gasteiger charge is 2.03. The van der Waals surface area contributed by atoms with Crippen LogP contribution >= 0.6 is 20.7 Å². The average Bonchev–Trinajstić information content (AvgIpc) is 2.69. The van der Waals surface area contributed by atoms with Gasteiger partial charge in [-0.05, 0) is 5.56 Å². The Hall–Kier alpha value is -0.860. The molecule has 0 aliphatic carbocycles. The summed E-state index contributed by atoms with van der Waals surface area (Å²) in [4.78, 5) is 1.36. The van der Waals surface area contributed by atoms with Gasteiger partial charge in [0.25, 0.3) is 10.3 Å². The minimum atomic E-state index is -4.67. The predicted octanol–water partition coefficient (Wildman–Crippen LogP) is 3.10. The smallest absolute Gasteiger partial charge is 0.264 e. The number of hydrogen-bond acceptors (Lipinski definition) is 3. The van der Waals surface area contributed by atoms with Crippen LogP contribution in [-0.2, 0) is 10.4 Å². The number of rotatable bonds is 1. The van der Waals surface area contributed by atoms with Crippen molar-refractivity contribution in [2.24, 2.45) is 0 Å². The van der Waals surface area contributed by atoms with Gasteiger partial charge in [0.05, 0.1) is 4.88 Å². The third-order valence-corrected chi connectivity index (χ3v) is 3.53. The summed E-state index contributed by atoms with van der Waals surface area (Å²) in [5.41, 5.74) is 1.32. The van der Waals surface area contributed by atoms with Crippen molar-refractivity contribution in [1.82, 2.24) is 0 Å². The number of benzene rings is 1. The van der Waals surface area contributed by atoms with Gasteiger partial charge in [0, 0.05) is 6.07 Å². The van der Waals surface area contributed by atoms with Crippen molar-refractivity contribution < 1.29 is 17.5 Å². The molecule has 16 heavy (non-hydrogen) atoms. The van der Waals surface area contributed by atoms with Gasteiger partial charge < -0.3 is 0 Å². The molecule has 0 spiro atoms. The van der Waals surface area contributed by atoms with Gasteiger partial charge in [-0.2, -0.15) is 8.42 Å². The summed E-state index contributed by atoms with van der Waals surface area (Å²) in [6, 6.07) is 12.6. The highest BCUT2D eigenvalue weighted by atomic mass is 32.9. The van der Waals surface area contributed by atoms with Crippen molar-refractivity contribution in [3.63, 3.8) is 0 Å². The minimum absolute atomic E-state index is 1.32. The zero-order valence-electron chi connectivity index (χ0n) is 7.98. The summed E-state index contributed by atoms with van der Waals surface area (Å²) >= 11 is 0. The molecule has 4 nitrogen and oxygen atoms in total. The zero-order chi connectivity index (χ0) is 12.0. The third kappa shape index (κ3) is 5.89. The van der Waals surface area contributed by atoms with Crippen LogP contribution in [0.2, 0.25) is 0 Å². The van der Waals surface area contributed by atoms with Gasteiger partial charge >= 0.3 is 10.4 Å². The molecule has 0 bridgehead atoms. The summed E-state index contributed by atoms with van der Waals surface area (Å²) < 4.78 is 31.6. The Morgan fingerprint density at radius 1 is 1.06 bits per heavy atom. The molecule has 2 rings (SSSR count). The molecule has 1 aromatic carbocycles. The van der Waals surface area contributed by atoms with Crippen molar-refractivity contribution in [3.8, 4) is 10.4 Å². The van der Waals surface area contributed by atoms with Gasteiger partial charge in [-0.25, -0.2) is 0 Å². The second-order valence-corrected chi connectivity index (χ2v) is 5.70. The van der Waals surface area contributed by atoms with Crippen LogP contribution in [-0.4, -0.2) is 17.5 Å². The molecule has 0 aliphatic heterocycles. The van der Waals surface area contributed by atoms with E-state index in [1.807, 2.05) is 16.4 Å². The van der Waals surface area contributed by atoms with Gasteiger partial charge in [0.1, 0.15) is 0 Å². The molecule has 1 heterocycles. The Kier molecular flexibility index (Phi) is 4.97. The van der Waals surface area contributed by atoms with E-state index in [0.717, 1.165) is 0 Å². The Bertz CT molecular complexity index is 497. The first-order chi connectivity index (χ1) is 7.47. The summed E-state index contributed by atoms with van der Waals surface area (Å²) in [7, 11) is -1.07. The molecule has 0 atom stereocenters. The molecule has 2 aromatic rings. The first kappa shape index (κ1) is 13.2. The molecule has 0 saturated heterocycles. The van der Waals surface area contributed by atoms with Crippen LogP contribution < -0.4 is 0 Å². The van der Waals surface area contributed by atoms with Crippen molar-refractivity contribution >= 4 is 31.1 Å². The SMILES string of the molecule is O=S(=O)(O)O.c1ccc(-c2cc[s+]s2)cc1. The standard InChI is InChI=1S/C9H7S2.H2O4S/c1-2-4-8(5-3-1)9-6-7-10-11-9;1-5(2,3)4/h1-7H;(H2,1,2,3,4)/q+1;. The fourth-order valence-corrected chi connectivity index (χ4v) is 2.84. The van der Waals surface area contributed by atoms with Crippen LogP contribution in [0, 0.1) is 0 Å². The Morgan fingerprint density at radius 2 is 1.62 bits per heavy atom. The van der Waals surface area contributed by atoms with E-state index in [1.165, 1.54) is 10.4 Å². The zero-order valence-corrected chi connectivity index (χ0v) is 10.4. The van der Waals surface area contributed by atoms with Gasteiger partial charge in [-0.1, -0.05) is 30.3 Å². The van der Waals surface area contributed by atoms with Crippen LogP contribution in [0.4, 0.5) is 0 Å². The lowest BCUT2D eigenvalue weighted by molar-refractivity contribution is 0.381. The second-order valence-electron chi connectivity index (χ2n) is 2.66. The second kappa shape index (κ2) is 6.02. The lowest BCUT2D eigenvalue weighted by atomic mass is 10.2. The van der Waals surface area contributed by atoms with Crippen molar-refractivity contribution in [3.05, 3.63) is 41.8 Å². The van der Waals surface area contributed by atoms with Crippen molar-refractivity contribution in [1.29, 1.82) is 0 Å². The normalized spacial score (nSPS) is 10.4. The van der Waals surface area contributed by atoms with Gasteiger partial charge in [0.2, 0.25) is 5.38 Å². The highest BCUT2D eigenvalue weighted by Crippen LogP contribution is 2.26. The molecule has 0 amide bonds. The fraction of sp³-hybridized carbons (Fsp3) is 0. The van der Waals surface area contributed by atoms with Crippen LogP contribution in [0.15, 0.2) is 41.8 Å². The van der Waals surface area contributed by atoms with Crippen molar-refractivity contribution in [2.75, 3.05) is 0 Å². The quantitative estimate of drug-likeness (QED) is 0.477. The predicted molar refractivity (Wildman–Crippen MR) is 66.2 cm³/mol. The Morgan fingerprint density at radius 3 is 2.06 bits per heavy atom. The molecule has 2 N–H and O–H groups in total. The maximum absolute atomic E-state index is 8.74.